The third-order valence-corrected chi connectivity index (χ3v) is 5.00. The summed E-state index contributed by atoms with van der Waals surface area (Å²) in [4.78, 5) is 5.20. The maximum atomic E-state index is 5.84. The van der Waals surface area contributed by atoms with Crippen LogP contribution in [0.2, 0.25) is 0 Å². The van der Waals surface area contributed by atoms with Crippen molar-refractivity contribution < 1.29 is 9.47 Å². The Kier molecular flexibility index (Phi) is 3.42. The van der Waals surface area contributed by atoms with E-state index in [-0.39, 0.29) is 0 Å². The largest absolute Gasteiger partial charge is 0.490 e. The van der Waals surface area contributed by atoms with E-state index in [9.17, 15) is 0 Å². The molecular weight excluding hydrogens is 264 g/mol. The molecule has 3 aliphatic rings. The van der Waals surface area contributed by atoms with E-state index in [2.05, 4.69) is 34.9 Å². The zero-order chi connectivity index (χ0) is 14.2. The zero-order valence-electron chi connectivity index (χ0n) is 12.8. The number of hydrogen-bond donors (Lipinski definition) is 0. The van der Waals surface area contributed by atoms with E-state index < -0.39 is 0 Å². The molecule has 0 amide bonds. The highest BCUT2D eigenvalue weighted by molar-refractivity contribution is 5.57. The van der Waals surface area contributed by atoms with Crippen molar-refractivity contribution in [2.24, 2.45) is 0 Å². The summed E-state index contributed by atoms with van der Waals surface area (Å²) in [5.74, 6) is 1.80. The van der Waals surface area contributed by atoms with Gasteiger partial charge in [-0.25, -0.2) is 0 Å². The third-order valence-electron chi connectivity index (χ3n) is 5.00. The number of anilines is 1. The summed E-state index contributed by atoms with van der Waals surface area (Å²) in [7, 11) is 0. The van der Waals surface area contributed by atoms with Crippen molar-refractivity contribution in [2.75, 3.05) is 37.7 Å². The molecule has 4 heteroatoms. The minimum atomic E-state index is 0.559. The predicted molar refractivity (Wildman–Crippen MR) is 83.5 cm³/mol. The van der Waals surface area contributed by atoms with Crippen LogP contribution in [-0.4, -0.2) is 49.8 Å². The molecule has 0 aromatic heterocycles. The summed E-state index contributed by atoms with van der Waals surface area (Å²) in [5, 5.41) is 0. The molecule has 2 unspecified atom stereocenters. The number of rotatable bonds is 1. The molecular formula is C17H24N2O2. The Morgan fingerprint density at radius 1 is 1.05 bits per heavy atom. The number of ether oxygens (including phenoxy) is 2. The van der Waals surface area contributed by atoms with Crippen LogP contribution >= 0.6 is 0 Å². The highest BCUT2D eigenvalue weighted by Gasteiger charge is 2.34. The minimum absolute atomic E-state index is 0.559. The molecule has 0 radical (unpaired) electrons. The van der Waals surface area contributed by atoms with E-state index in [1.807, 2.05) is 0 Å². The summed E-state index contributed by atoms with van der Waals surface area (Å²) in [6.45, 7) is 7.44. The fraction of sp³-hybridized carbons (Fsp3) is 0.647. The van der Waals surface area contributed by atoms with Crippen LogP contribution in [-0.2, 0) is 0 Å². The first-order valence-corrected chi connectivity index (χ1v) is 8.21. The summed E-state index contributed by atoms with van der Waals surface area (Å²) in [5.41, 5.74) is 1.28. The van der Waals surface area contributed by atoms with Gasteiger partial charge in [-0.3, -0.25) is 4.90 Å². The Morgan fingerprint density at radius 2 is 1.90 bits per heavy atom. The lowest BCUT2D eigenvalue weighted by Gasteiger charge is -2.43. The Bertz CT molecular complexity index is 520. The fourth-order valence-corrected chi connectivity index (χ4v) is 3.88. The molecule has 0 spiro atoms. The molecule has 1 aromatic rings. The van der Waals surface area contributed by atoms with Gasteiger partial charge < -0.3 is 14.4 Å². The molecule has 4 nitrogen and oxygen atoms in total. The smallest absolute Gasteiger partial charge is 0.163 e. The lowest BCUT2D eigenvalue weighted by atomic mass is 10.1. The van der Waals surface area contributed by atoms with Gasteiger partial charge in [0.15, 0.2) is 11.5 Å². The maximum absolute atomic E-state index is 5.84. The molecule has 0 N–H and O–H groups in total. The quantitative estimate of drug-likeness (QED) is 0.793. The predicted octanol–water partition coefficient (Wildman–Crippen LogP) is 2.52. The Balaban J connectivity index is 1.59. The van der Waals surface area contributed by atoms with Crippen LogP contribution in [0.3, 0.4) is 0 Å². The van der Waals surface area contributed by atoms with E-state index in [0.29, 0.717) is 6.04 Å². The molecule has 2 atom stereocenters. The number of hydrogen-bond acceptors (Lipinski definition) is 4. The molecule has 2 fully saturated rings. The van der Waals surface area contributed by atoms with Crippen LogP contribution in [0.25, 0.3) is 0 Å². The maximum Gasteiger partial charge on any atom is 0.163 e. The van der Waals surface area contributed by atoms with Crippen molar-refractivity contribution in [1.29, 1.82) is 0 Å². The van der Waals surface area contributed by atoms with Gasteiger partial charge in [0, 0.05) is 43.3 Å². The van der Waals surface area contributed by atoms with Crippen molar-refractivity contribution in [3.63, 3.8) is 0 Å². The van der Waals surface area contributed by atoms with Gasteiger partial charge in [-0.2, -0.15) is 0 Å². The monoisotopic (exact) mass is 288 g/mol. The van der Waals surface area contributed by atoms with E-state index >= 15 is 0 Å². The Labute approximate surface area is 126 Å². The molecule has 3 aliphatic heterocycles. The van der Waals surface area contributed by atoms with Crippen LogP contribution in [0, 0.1) is 0 Å². The summed E-state index contributed by atoms with van der Waals surface area (Å²) in [6.07, 6.45) is 3.65. The number of fused-ring (bicyclic) bond motifs is 2. The first kappa shape index (κ1) is 13.3. The summed E-state index contributed by atoms with van der Waals surface area (Å²) < 4.78 is 11.6. The summed E-state index contributed by atoms with van der Waals surface area (Å²) >= 11 is 0. The second-order valence-corrected chi connectivity index (χ2v) is 6.47. The van der Waals surface area contributed by atoms with Crippen molar-refractivity contribution in [3.8, 4) is 11.5 Å². The van der Waals surface area contributed by atoms with Gasteiger partial charge in [0.2, 0.25) is 0 Å². The Hall–Kier alpha value is -1.42. The highest BCUT2D eigenvalue weighted by atomic mass is 16.5. The molecule has 2 saturated heterocycles. The fourth-order valence-electron chi connectivity index (χ4n) is 3.88. The minimum Gasteiger partial charge on any atom is -0.490 e. The summed E-state index contributed by atoms with van der Waals surface area (Å²) in [6, 6.07) is 7.72. The van der Waals surface area contributed by atoms with Crippen LogP contribution < -0.4 is 14.4 Å². The molecule has 3 heterocycles. The van der Waals surface area contributed by atoms with Gasteiger partial charge in [0.05, 0.1) is 13.2 Å². The van der Waals surface area contributed by atoms with Gasteiger partial charge in [-0.05, 0) is 38.4 Å². The molecule has 4 rings (SSSR count). The van der Waals surface area contributed by atoms with Gasteiger partial charge >= 0.3 is 0 Å². The SMILES string of the molecule is CC1CN2CCCC2CN1c1ccc2c(c1)OCCCO2. The average Bonchev–Trinajstić information content (AvgIpc) is 2.81. The lowest BCUT2D eigenvalue weighted by Crippen LogP contribution is -2.55. The molecule has 0 bridgehead atoms. The van der Waals surface area contributed by atoms with E-state index in [0.717, 1.165) is 43.7 Å². The molecule has 114 valence electrons. The zero-order valence-corrected chi connectivity index (χ0v) is 12.8. The van der Waals surface area contributed by atoms with Crippen LogP contribution in [0.15, 0.2) is 18.2 Å². The van der Waals surface area contributed by atoms with E-state index in [4.69, 9.17) is 9.47 Å². The number of nitrogens with zero attached hydrogens (tertiary/aromatic N) is 2. The number of piperazine rings is 1. The van der Waals surface area contributed by atoms with Crippen LogP contribution in [0.1, 0.15) is 26.2 Å². The highest BCUT2D eigenvalue weighted by Crippen LogP contribution is 2.36. The van der Waals surface area contributed by atoms with E-state index in [1.54, 1.807) is 0 Å². The van der Waals surface area contributed by atoms with Gasteiger partial charge in [0.25, 0.3) is 0 Å². The first-order chi connectivity index (χ1) is 10.3. The first-order valence-electron chi connectivity index (χ1n) is 8.21. The molecule has 1 aromatic carbocycles. The molecule has 0 saturated carbocycles. The average molecular weight is 288 g/mol. The molecule has 0 aliphatic carbocycles. The van der Waals surface area contributed by atoms with Gasteiger partial charge in [-0.15, -0.1) is 0 Å². The third kappa shape index (κ3) is 2.46. The van der Waals surface area contributed by atoms with E-state index in [1.165, 1.54) is 31.6 Å². The second-order valence-electron chi connectivity index (χ2n) is 6.47. The van der Waals surface area contributed by atoms with Gasteiger partial charge in [-0.1, -0.05) is 0 Å². The normalized spacial score (nSPS) is 29.1. The van der Waals surface area contributed by atoms with Crippen molar-refractivity contribution in [2.45, 2.75) is 38.3 Å². The Morgan fingerprint density at radius 3 is 2.81 bits per heavy atom. The standard InChI is InChI=1S/C17H24N2O2/c1-13-11-18-7-2-4-15(18)12-19(13)14-5-6-16-17(10-14)21-9-3-8-20-16/h5-6,10,13,15H,2-4,7-9,11-12H2,1H3. The molecule has 21 heavy (non-hydrogen) atoms. The van der Waals surface area contributed by atoms with Crippen molar-refractivity contribution >= 4 is 5.69 Å². The number of benzene rings is 1. The topological polar surface area (TPSA) is 24.9 Å². The van der Waals surface area contributed by atoms with Crippen molar-refractivity contribution in [1.82, 2.24) is 4.90 Å². The lowest BCUT2D eigenvalue weighted by molar-refractivity contribution is 0.203. The second kappa shape index (κ2) is 5.41. The van der Waals surface area contributed by atoms with Gasteiger partial charge in [0.1, 0.15) is 0 Å². The van der Waals surface area contributed by atoms with Crippen molar-refractivity contribution in [3.05, 3.63) is 18.2 Å². The van der Waals surface area contributed by atoms with Crippen LogP contribution in [0.4, 0.5) is 5.69 Å². The van der Waals surface area contributed by atoms with Crippen LogP contribution in [0.5, 0.6) is 11.5 Å².